The molecule has 1 aromatic rings. The Hall–Kier alpha value is -0.870. The summed E-state index contributed by atoms with van der Waals surface area (Å²) >= 11 is 0. The number of piperidine rings is 1. The highest BCUT2D eigenvalue weighted by molar-refractivity contribution is 4.86. The number of hydrogen-bond donors (Lipinski definition) is 1. The third-order valence-corrected chi connectivity index (χ3v) is 4.38. The van der Waals surface area contributed by atoms with Gasteiger partial charge in [0.1, 0.15) is 0 Å². The molecule has 0 radical (unpaired) electrons. The second kappa shape index (κ2) is 6.53. The zero-order valence-electron chi connectivity index (χ0n) is 11.8. The first kappa shape index (κ1) is 13.1. The van der Waals surface area contributed by atoms with Crippen LogP contribution in [0.5, 0.6) is 0 Å². The van der Waals surface area contributed by atoms with Crippen LogP contribution in [0, 0.1) is 5.92 Å². The molecule has 1 saturated carbocycles. The average Bonchev–Trinajstić information content (AvgIpc) is 3.16. The van der Waals surface area contributed by atoms with Crippen molar-refractivity contribution in [3.8, 4) is 0 Å². The Morgan fingerprint density at radius 1 is 1.32 bits per heavy atom. The minimum Gasteiger partial charge on any atom is -0.337 e. The minimum absolute atomic E-state index is 0.877. The van der Waals surface area contributed by atoms with Gasteiger partial charge in [0, 0.05) is 38.1 Å². The Labute approximate surface area is 116 Å². The molecule has 1 aliphatic carbocycles. The molecular formula is C15H26N4. The van der Waals surface area contributed by atoms with Crippen molar-refractivity contribution in [1.29, 1.82) is 0 Å². The molecule has 2 fully saturated rings. The lowest BCUT2D eigenvalue weighted by Gasteiger charge is -2.30. The topological polar surface area (TPSA) is 33.1 Å². The van der Waals surface area contributed by atoms with E-state index in [1.54, 1.807) is 0 Å². The molecule has 2 heterocycles. The van der Waals surface area contributed by atoms with Crippen molar-refractivity contribution in [3.63, 3.8) is 0 Å². The molecule has 4 heteroatoms. The molecule has 0 bridgehead atoms. The van der Waals surface area contributed by atoms with Crippen LogP contribution in [0.15, 0.2) is 18.7 Å². The second-order valence-electron chi connectivity index (χ2n) is 6.09. The molecular weight excluding hydrogens is 236 g/mol. The van der Waals surface area contributed by atoms with Crippen molar-refractivity contribution in [1.82, 2.24) is 19.8 Å². The zero-order chi connectivity index (χ0) is 12.9. The van der Waals surface area contributed by atoms with Crippen LogP contribution in [0.2, 0.25) is 0 Å². The van der Waals surface area contributed by atoms with E-state index < -0.39 is 0 Å². The van der Waals surface area contributed by atoms with Crippen molar-refractivity contribution in [2.24, 2.45) is 5.92 Å². The van der Waals surface area contributed by atoms with Gasteiger partial charge in [0.15, 0.2) is 0 Å². The molecule has 1 unspecified atom stereocenters. The minimum atomic E-state index is 0.877. The van der Waals surface area contributed by atoms with Gasteiger partial charge >= 0.3 is 0 Å². The fourth-order valence-electron chi connectivity index (χ4n) is 3.15. The molecule has 1 aliphatic heterocycles. The van der Waals surface area contributed by atoms with Crippen molar-refractivity contribution in [3.05, 3.63) is 18.7 Å². The highest BCUT2D eigenvalue weighted by Gasteiger charge is 2.30. The predicted molar refractivity (Wildman–Crippen MR) is 77.0 cm³/mol. The lowest BCUT2D eigenvalue weighted by molar-refractivity contribution is 0.195. The van der Waals surface area contributed by atoms with Crippen molar-refractivity contribution in [2.45, 2.75) is 44.7 Å². The van der Waals surface area contributed by atoms with Gasteiger partial charge in [-0.1, -0.05) is 0 Å². The van der Waals surface area contributed by atoms with Crippen LogP contribution in [0.1, 0.15) is 32.1 Å². The van der Waals surface area contributed by atoms with E-state index in [2.05, 4.69) is 26.0 Å². The Balaban J connectivity index is 1.42. The summed E-state index contributed by atoms with van der Waals surface area (Å²) < 4.78 is 2.19. The maximum absolute atomic E-state index is 4.10. The highest BCUT2D eigenvalue weighted by atomic mass is 15.2. The number of nitrogens with zero attached hydrogens (tertiary/aromatic N) is 3. The smallest absolute Gasteiger partial charge is 0.0945 e. The average molecular weight is 262 g/mol. The van der Waals surface area contributed by atoms with E-state index in [0.717, 1.165) is 18.5 Å². The van der Waals surface area contributed by atoms with Crippen molar-refractivity contribution in [2.75, 3.05) is 26.2 Å². The van der Waals surface area contributed by atoms with Crippen LogP contribution in [-0.4, -0.2) is 46.7 Å². The quantitative estimate of drug-likeness (QED) is 0.812. The van der Waals surface area contributed by atoms with Gasteiger partial charge in [0.05, 0.1) is 6.33 Å². The maximum atomic E-state index is 4.10. The Kier molecular flexibility index (Phi) is 4.51. The zero-order valence-corrected chi connectivity index (χ0v) is 11.8. The van der Waals surface area contributed by atoms with E-state index in [4.69, 9.17) is 0 Å². The van der Waals surface area contributed by atoms with E-state index in [1.807, 2.05) is 12.5 Å². The summed E-state index contributed by atoms with van der Waals surface area (Å²) in [6.45, 7) is 6.11. The van der Waals surface area contributed by atoms with Crippen LogP contribution in [0.4, 0.5) is 0 Å². The summed E-state index contributed by atoms with van der Waals surface area (Å²) in [5.41, 5.74) is 0. The normalized spacial score (nSPS) is 23.9. The summed E-state index contributed by atoms with van der Waals surface area (Å²) in [5, 5.41) is 3.54. The first-order valence-corrected chi connectivity index (χ1v) is 7.82. The molecule has 0 spiro atoms. The first-order chi connectivity index (χ1) is 9.42. The number of imidazole rings is 1. The molecule has 1 saturated heterocycles. The largest absolute Gasteiger partial charge is 0.337 e. The van der Waals surface area contributed by atoms with Gasteiger partial charge in [-0.25, -0.2) is 4.98 Å². The van der Waals surface area contributed by atoms with E-state index in [-0.39, 0.29) is 0 Å². The molecule has 1 N–H and O–H groups in total. The molecule has 0 aromatic carbocycles. The Morgan fingerprint density at radius 3 is 2.95 bits per heavy atom. The standard InChI is InChI=1S/C15H26N4/c1-3-14(11-16-6-1)12-19(15-4-5-15)9-2-8-18-10-7-17-13-18/h7,10,13-16H,1-6,8-9,11-12H2. The number of aromatic nitrogens is 2. The lowest BCUT2D eigenvalue weighted by atomic mass is 9.99. The van der Waals surface area contributed by atoms with Crippen LogP contribution in [-0.2, 0) is 6.54 Å². The molecule has 106 valence electrons. The molecule has 4 nitrogen and oxygen atoms in total. The SMILES string of the molecule is c1cn(CCCN(CC2CCCNC2)C2CC2)cn1. The van der Waals surface area contributed by atoms with Crippen LogP contribution in [0.3, 0.4) is 0 Å². The second-order valence-corrected chi connectivity index (χ2v) is 6.09. The monoisotopic (exact) mass is 262 g/mol. The van der Waals surface area contributed by atoms with Crippen LogP contribution in [0.25, 0.3) is 0 Å². The van der Waals surface area contributed by atoms with Gasteiger partial charge in [0.2, 0.25) is 0 Å². The summed E-state index contributed by atoms with van der Waals surface area (Å²) in [4.78, 5) is 6.85. The lowest BCUT2D eigenvalue weighted by Crippen LogP contribution is -2.39. The van der Waals surface area contributed by atoms with Gasteiger partial charge in [-0.2, -0.15) is 0 Å². The molecule has 0 amide bonds. The Morgan fingerprint density at radius 2 is 2.26 bits per heavy atom. The fourth-order valence-corrected chi connectivity index (χ4v) is 3.15. The van der Waals surface area contributed by atoms with Crippen LogP contribution < -0.4 is 5.32 Å². The summed E-state index contributed by atoms with van der Waals surface area (Å²) in [5.74, 6) is 0.877. The first-order valence-electron chi connectivity index (χ1n) is 7.82. The summed E-state index contributed by atoms with van der Waals surface area (Å²) in [6, 6.07) is 0.893. The molecule has 19 heavy (non-hydrogen) atoms. The fraction of sp³-hybridized carbons (Fsp3) is 0.800. The van der Waals surface area contributed by atoms with Gasteiger partial charge in [-0.05, 0) is 51.1 Å². The summed E-state index contributed by atoms with van der Waals surface area (Å²) in [6.07, 6.45) is 12.7. The molecule has 1 aromatic heterocycles. The van der Waals surface area contributed by atoms with Gasteiger partial charge in [0.25, 0.3) is 0 Å². The van der Waals surface area contributed by atoms with E-state index in [0.29, 0.717) is 0 Å². The molecule has 3 rings (SSSR count). The third kappa shape index (κ3) is 4.05. The predicted octanol–water partition coefficient (Wildman–Crippen LogP) is 1.74. The number of rotatable bonds is 7. The van der Waals surface area contributed by atoms with Crippen molar-refractivity contribution < 1.29 is 0 Å². The van der Waals surface area contributed by atoms with Gasteiger partial charge < -0.3 is 9.88 Å². The maximum Gasteiger partial charge on any atom is 0.0945 e. The molecule has 2 aliphatic rings. The van der Waals surface area contributed by atoms with E-state index >= 15 is 0 Å². The number of hydrogen-bond acceptors (Lipinski definition) is 3. The number of aryl methyl sites for hydroxylation is 1. The van der Waals surface area contributed by atoms with E-state index in [9.17, 15) is 0 Å². The summed E-state index contributed by atoms with van der Waals surface area (Å²) in [7, 11) is 0. The van der Waals surface area contributed by atoms with Gasteiger partial charge in [-0.15, -0.1) is 0 Å². The highest BCUT2D eigenvalue weighted by Crippen LogP contribution is 2.28. The molecule has 1 atom stereocenters. The van der Waals surface area contributed by atoms with Crippen LogP contribution >= 0.6 is 0 Å². The van der Waals surface area contributed by atoms with E-state index in [1.165, 1.54) is 58.3 Å². The Bertz CT molecular complexity index is 352. The van der Waals surface area contributed by atoms with Gasteiger partial charge in [-0.3, -0.25) is 4.90 Å². The van der Waals surface area contributed by atoms with Crippen molar-refractivity contribution >= 4 is 0 Å². The number of nitrogens with one attached hydrogen (secondary N) is 1. The third-order valence-electron chi connectivity index (χ3n) is 4.38.